The van der Waals surface area contributed by atoms with Gasteiger partial charge in [-0.05, 0) is 61.5 Å². The van der Waals surface area contributed by atoms with Crippen molar-refractivity contribution in [1.82, 2.24) is 0 Å². The van der Waals surface area contributed by atoms with Crippen LogP contribution < -0.4 is 0 Å². The Morgan fingerprint density at radius 3 is 1.32 bits per heavy atom. The summed E-state index contributed by atoms with van der Waals surface area (Å²) in [5, 5.41) is 0. The molecule has 0 saturated heterocycles. The Balaban J connectivity index is 2.54. The molecule has 0 atom stereocenters. The van der Waals surface area contributed by atoms with Gasteiger partial charge in [0, 0.05) is 24.0 Å². The predicted octanol–water partition coefficient (Wildman–Crippen LogP) is 7.63. The molecule has 0 aromatic rings. The minimum atomic E-state index is -0.527. The number of ether oxygens (including phenoxy) is 2. The predicted molar refractivity (Wildman–Crippen MR) is 152 cm³/mol. The second-order valence-electron chi connectivity index (χ2n) is 11.9. The van der Waals surface area contributed by atoms with Crippen LogP contribution in [0.3, 0.4) is 0 Å². The van der Waals surface area contributed by atoms with E-state index in [1.54, 1.807) is 0 Å². The van der Waals surface area contributed by atoms with Gasteiger partial charge < -0.3 is 9.47 Å². The smallest absolute Gasteiger partial charge is 0.305 e. The number of ketones is 2. The fourth-order valence-corrected chi connectivity index (χ4v) is 4.81. The van der Waals surface area contributed by atoms with E-state index in [4.69, 9.17) is 9.47 Å². The van der Waals surface area contributed by atoms with Crippen molar-refractivity contribution in [3.8, 4) is 0 Å². The average molecular weight is 533 g/mol. The second-order valence-corrected chi connectivity index (χ2v) is 11.9. The molecular weight excluding hydrogens is 480 g/mol. The molecule has 1 aliphatic carbocycles. The third kappa shape index (κ3) is 12.5. The summed E-state index contributed by atoms with van der Waals surface area (Å²) in [4.78, 5) is 50.2. The molecule has 0 radical (unpaired) electrons. The van der Waals surface area contributed by atoms with E-state index in [0.717, 1.165) is 51.4 Å². The van der Waals surface area contributed by atoms with Crippen LogP contribution in [0.2, 0.25) is 0 Å². The Kier molecular flexibility index (Phi) is 15.4. The molecule has 38 heavy (non-hydrogen) atoms. The average Bonchev–Trinajstić information content (AvgIpc) is 2.84. The maximum atomic E-state index is 13.1. The van der Waals surface area contributed by atoms with Crippen LogP contribution in [0, 0.1) is 10.8 Å². The lowest BCUT2D eigenvalue weighted by Crippen LogP contribution is -2.30. The molecule has 0 aromatic heterocycles. The van der Waals surface area contributed by atoms with E-state index in [9.17, 15) is 19.2 Å². The molecule has 216 valence electrons. The largest absolute Gasteiger partial charge is 0.466 e. The Morgan fingerprint density at radius 1 is 0.605 bits per heavy atom. The van der Waals surface area contributed by atoms with Gasteiger partial charge in [0.1, 0.15) is 0 Å². The number of carbonyl (C=O) groups is 4. The zero-order chi connectivity index (χ0) is 28.6. The van der Waals surface area contributed by atoms with Gasteiger partial charge in [-0.15, -0.1) is 0 Å². The van der Waals surface area contributed by atoms with E-state index in [1.807, 2.05) is 27.7 Å². The van der Waals surface area contributed by atoms with Crippen LogP contribution in [-0.2, 0) is 28.7 Å². The summed E-state index contributed by atoms with van der Waals surface area (Å²) in [6, 6.07) is 0. The van der Waals surface area contributed by atoms with Crippen LogP contribution in [0.15, 0.2) is 23.3 Å². The Bertz CT molecular complexity index is 776. The Labute approximate surface area is 231 Å². The van der Waals surface area contributed by atoms with Crippen molar-refractivity contribution in [2.45, 2.75) is 131 Å². The van der Waals surface area contributed by atoms with Crippen molar-refractivity contribution in [1.29, 1.82) is 0 Å². The molecule has 1 aliphatic rings. The van der Waals surface area contributed by atoms with Crippen LogP contribution in [0.1, 0.15) is 131 Å². The summed E-state index contributed by atoms with van der Waals surface area (Å²) in [5.41, 5.74) is -0.0779. The first-order chi connectivity index (χ1) is 17.9. The molecule has 6 nitrogen and oxygen atoms in total. The van der Waals surface area contributed by atoms with E-state index in [-0.39, 0.29) is 23.5 Å². The lowest BCUT2D eigenvalue weighted by Gasteiger charge is -2.32. The number of carbonyl (C=O) groups excluding carboxylic acids is 4. The summed E-state index contributed by atoms with van der Waals surface area (Å²) in [5.74, 6) is -0.714. The molecule has 0 unspecified atom stereocenters. The summed E-state index contributed by atoms with van der Waals surface area (Å²) >= 11 is 0. The van der Waals surface area contributed by atoms with Gasteiger partial charge >= 0.3 is 11.9 Å². The monoisotopic (exact) mass is 532 g/mol. The van der Waals surface area contributed by atoms with E-state index < -0.39 is 10.8 Å². The Hall–Kier alpha value is -2.24. The zero-order valence-electron chi connectivity index (χ0n) is 24.9. The summed E-state index contributed by atoms with van der Waals surface area (Å²) in [7, 11) is 0. The van der Waals surface area contributed by atoms with Crippen LogP contribution in [-0.4, -0.2) is 36.7 Å². The maximum Gasteiger partial charge on any atom is 0.305 e. The van der Waals surface area contributed by atoms with Gasteiger partial charge in [0.25, 0.3) is 0 Å². The SMILES string of the molecule is CCCCCCOC(=O)CCCC(C)(C)C1=CC(=O)C(C(C)(C)CCCC(=O)OCCCCCC)=CC1=O. The standard InChI is InChI=1S/C32H52O6/c1-7-9-11-13-21-37-29(35)17-15-19-31(3,4)25-23-28(34)26(24-27(25)33)32(5,6)20-16-18-30(36)38-22-14-12-10-8-2/h23-24H,7-22H2,1-6H3. The first-order valence-corrected chi connectivity index (χ1v) is 14.8. The van der Waals surface area contributed by atoms with Crippen molar-refractivity contribution >= 4 is 23.5 Å². The van der Waals surface area contributed by atoms with Gasteiger partial charge in [-0.2, -0.15) is 0 Å². The highest BCUT2D eigenvalue weighted by molar-refractivity contribution is 6.20. The highest BCUT2D eigenvalue weighted by Gasteiger charge is 2.36. The number of unbranched alkanes of at least 4 members (excludes halogenated alkanes) is 6. The van der Waals surface area contributed by atoms with Gasteiger partial charge in [0.15, 0.2) is 11.6 Å². The molecule has 1 rings (SSSR count). The molecule has 0 N–H and O–H groups in total. The molecule has 0 aromatic carbocycles. The molecule has 0 heterocycles. The fourth-order valence-electron chi connectivity index (χ4n) is 4.81. The zero-order valence-corrected chi connectivity index (χ0v) is 24.9. The third-order valence-electron chi connectivity index (χ3n) is 7.43. The second kappa shape index (κ2) is 17.4. The molecule has 0 fully saturated rings. The highest BCUT2D eigenvalue weighted by Crippen LogP contribution is 2.40. The first kappa shape index (κ1) is 33.8. The molecule has 0 amide bonds. The van der Waals surface area contributed by atoms with Crippen LogP contribution in [0.5, 0.6) is 0 Å². The lowest BCUT2D eigenvalue weighted by molar-refractivity contribution is -0.144. The van der Waals surface area contributed by atoms with E-state index in [0.29, 0.717) is 62.9 Å². The van der Waals surface area contributed by atoms with Crippen molar-refractivity contribution in [2.24, 2.45) is 10.8 Å². The van der Waals surface area contributed by atoms with Crippen LogP contribution in [0.25, 0.3) is 0 Å². The van der Waals surface area contributed by atoms with Gasteiger partial charge in [-0.3, -0.25) is 19.2 Å². The van der Waals surface area contributed by atoms with Crippen molar-refractivity contribution < 1.29 is 28.7 Å². The Morgan fingerprint density at radius 2 is 0.974 bits per heavy atom. The number of esters is 2. The summed E-state index contributed by atoms with van der Waals surface area (Å²) < 4.78 is 10.6. The van der Waals surface area contributed by atoms with E-state index in [1.165, 1.54) is 12.2 Å². The minimum absolute atomic E-state index is 0.150. The summed E-state index contributed by atoms with van der Waals surface area (Å²) in [6.07, 6.45) is 14.5. The molecule has 0 bridgehead atoms. The molecule has 0 saturated carbocycles. The van der Waals surface area contributed by atoms with Crippen LogP contribution >= 0.6 is 0 Å². The van der Waals surface area contributed by atoms with Crippen LogP contribution in [0.4, 0.5) is 0 Å². The molecule has 6 heteroatoms. The summed E-state index contributed by atoms with van der Waals surface area (Å²) in [6.45, 7) is 13.0. The highest BCUT2D eigenvalue weighted by atomic mass is 16.5. The molecular formula is C32H52O6. The molecule has 0 spiro atoms. The lowest BCUT2D eigenvalue weighted by atomic mass is 9.70. The van der Waals surface area contributed by atoms with Crippen molar-refractivity contribution in [2.75, 3.05) is 13.2 Å². The molecule has 0 aliphatic heterocycles. The van der Waals surface area contributed by atoms with Gasteiger partial charge in [0.2, 0.25) is 0 Å². The third-order valence-corrected chi connectivity index (χ3v) is 7.43. The fraction of sp³-hybridized carbons (Fsp3) is 0.750. The quantitative estimate of drug-likeness (QED) is 0.0910. The topological polar surface area (TPSA) is 86.7 Å². The van der Waals surface area contributed by atoms with Gasteiger partial charge in [0.05, 0.1) is 13.2 Å². The maximum absolute atomic E-state index is 13.1. The minimum Gasteiger partial charge on any atom is -0.466 e. The van der Waals surface area contributed by atoms with Crippen molar-refractivity contribution in [3.05, 3.63) is 23.3 Å². The number of allylic oxidation sites excluding steroid dienone is 4. The normalized spacial score (nSPS) is 14.3. The van der Waals surface area contributed by atoms with E-state index >= 15 is 0 Å². The number of hydrogen-bond acceptors (Lipinski definition) is 6. The first-order valence-electron chi connectivity index (χ1n) is 14.8. The number of hydrogen-bond donors (Lipinski definition) is 0. The van der Waals surface area contributed by atoms with Gasteiger partial charge in [-0.1, -0.05) is 80.1 Å². The number of rotatable bonds is 20. The van der Waals surface area contributed by atoms with E-state index in [2.05, 4.69) is 13.8 Å². The van der Waals surface area contributed by atoms with Crippen molar-refractivity contribution in [3.63, 3.8) is 0 Å². The van der Waals surface area contributed by atoms with Gasteiger partial charge in [-0.25, -0.2) is 0 Å².